The molecule has 2 aromatic rings. The fourth-order valence-electron chi connectivity index (χ4n) is 3.85. The minimum Gasteiger partial charge on any atom is -0.493 e. The molecule has 1 saturated heterocycles. The van der Waals surface area contributed by atoms with E-state index in [1.807, 2.05) is 36.4 Å². The fourth-order valence-corrected chi connectivity index (χ4v) is 5.20. The minimum absolute atomic E-state index is 0.0295. The number of para-hydroxylation sites is 1. The predicted octanol–water partition coefficient (Wildman–Crippen LogP) is 4.58. The van der Waals surface area contributed by atoms with Crippen LogP contribution in [0.5, 0.6) is 11.5 Å². The van der Waals surface area contributed by atoms with Gasteiger partial charge in [0.2, 0.25) is 5.91 Å². The number of benzene rings is 2. The summed E-state index contributed by atoms with van der Waals surface area (Å²) in [6.45, 7) is 0.384. The third kappa shape index (κ3) is 3.57. The molecule has 8 heteroatoms. The Morgan fingerprint density at radius 2 is 2.00 bits per heavy atom. The number of ether oxygens (including phenoxy) is 2. The molecule has 4 rings (SSSR count). The Kier molecular flexibility index (Phi) is 5.80. The Hall–Kier alpha value is -2.82. The molecule has 1 fully saturated rings. The molecule has 2 aliphatic heterocycles. The number of thioether (sulfide) groups is 1. The van der Waals surface area contributed by atoms with Crippen LogP contribution in [-0.2, 0) is 4.79 Å². The lowest BCUT2D eigenvalue weighted by molar-refractivity contribution is -0.129. The minimum atomic E-state index is -0.371. The number of carbonyl (C=O) groups is 1. The van der Waals surface area contributed by atoms with Gasteiger partial charge in [0.1, 0.15) is 0 Å². The smallest absolute Gasteiger partial charge is 0.229 e. The average Bonchev–Trinajstić information content (AvgIpc) is 2.78. The van der Waals surface area contributed by atoms with Crippen molar-refractivity contribution in [1.29, 1.82) is 5.26 Å². The lowest BCUT2D eigenvalue weighted by atomic mass is 9.85. The number of fused-ring (bicyclic) bond motifs is 1. The molecule has 154 valence electrons. The Balaban J connectivity index is 1.71. The number of hydrogen-bond donors (Lipinski definition) is 0. The third-order valence-corrected chi connectivity index (χ3v) is 6.67. The second-order valence-corrected chi connectivity index (χ2v) is 8.30. The normalized spacial score (nSPS) is 18.7. The first-order valence-electron chi connectivity index (χ1n) is 9.36. The molecule has 2 aromatic carbocycles. The highest BCUT2D eigenvalue weighted by Gasteiger charge is 2.39. The molecule has 1 atom stereocenters. The number of anilines is 1. The monoisotopic (exact) mass is 441 g/mol. The molecule has 0 bridgehead atoms. The first-order chi connectivity index (χ1) is 14.6. The van der Waals surface area contributed by atoms with E-state index in [1.54, 1.807) is 25.2 Å². The van der Waals surface area contributed by atoms with E-state index in [0.29, 0.717) is 39.7 Å². The number of hydrogen-bond acceptors (Lipinski definition) is 6. The van der Waals surface area contributed by atoms with E-state index in [1.165, 1.54) is 11.8 Å². The molecule has 6 nitrogen and oxygen atoms in total. The van der Waals surface area contributed by atoms with Gasteiger partial charge in [-0.15, -0.1) is 0 Å². The van der Waals surface area contributed by atoms with Crippen LogP contribution in [0.4, 0.5) is 5.69 Å². The van der Waals surface area contributed by atoms with E-state index < -0.39 is 0 Å². The Labute approximate surface area is 184 Å². The SMILES string of the molecule is COc1cccc(C2CC(=O)N3CN(c4cccc(Cl)c4)CSC3=C2C#N)c1OC. The van der Waals surface area contributed by atoms with Gasteiger partial charge in [-0.3, -0.25) is 9.69 Å². The quantitative estimate of drug-likeness (QED) is 0.692. The number of nitrogens with zero attached hydrogens (tertiary/aromatic N) is 3. The van der Waals surface area contributed by atoms with Crippen molar-refractivity contribution < 1.29 is 14.3 Å². The van der Waals surface area contributed by atoms with E-state index in [4.69, 9.17) is 21.1 Å². The highest BCUT2D eigenvalue weighted by Crippen LogP contribution is 2.47. The molecule has 0 spiro atoms. The van der Waals surface area contributed by atoms with E-state index >= 15 is 0 Å². The molecule has 1 unspecified atom stereocenters. The van der Waals surface area contributed by atoms with E-state index in [-0.39, 0.29) is 18.2 Å². The molecular formula is C22H20ClN3O3S. The first kappa shape index (κ1) is 20.5. The van der Waals surface area contributed by atoms with Gasteiger partial charge in [-0.05, 0) is 24.3 Å². The van der Waals surface area contributed by atoms with E-state index in [0.717, 1.165) is 11.3 Å². The number of rotatable bonds is 4. The second kappa shape index (κ2) is 8.50. The average molecular weight is 442 g/mol. The maximum absolute atomic E-state index is 13.1. The molecule has 0 N–H and O–H groups in total. The summed E-state index contributed by atoms with van der Waals surface area (Å²) in [5.41, 5.74) is 2.31. The van der Waals surface area contributed by atoms with Gasteiger partial charge in [0.25, 0.3) is 0 Å². The van der Waals surface area contributed by atoms with Crippen molar-refractivity contribution in [3.8, 4) is 17.6 Å². The van der Waals surface area contributed by atoms with Crippen molar-refractivity contribution in [3.63, 3.8) is 0 Å². The van der Waals surface area contributed by atoms with Gasteiger partial charge in [0, 0.05) is 28.6 Å². The summed E-state index contributed by atoms with van der Waals surface area (Å²) in [6.07, 6.45) is 0.194. The molecular weight excluding hydrogens is 422 g/mol. The maximum Gasteiger partial charge on any atom is 0.229 e. The number of allylic oxidation sites excluding steroid dienone is 1. The fraction of sp³-hybridized carbons (Fsp3) is 0.273. The van der Waals surface area contributed by atoms with Crippen molar-refractivity contribution in [2.24, 2.45) is 0 Å². The van der Waals surface area contributed by atoms with Gasteiger partial charge in [-0.25, -0.2) is 0 Å². The standard InChI is InChI=1S/C22H20ClN3O3S/c1-28-19-8-4-7-16(21(19)29-2)17-10-20(27)26-12-25(13-30-22(26)18(17)11-24)15-6-3-5-14(23)9-15/h3-9,17H,10,12-13H2,1-2H3. The Bertz CT molecular complexity index is 1070. The first-order valence-corrected chi connectivity index (χ1v) is 10.7. The molecule has 0 saturated carbocycles. The van der Waals surface area contributed by atoms with Gasteiger partial charge < -0.3 is 14.4 Å². The van der Waals surface area contributed by atoms with Crippen LogP contribution >= 0.6 is 23.4 Å². The molecule has 1 amide bonds. The van der Waals surface area contributed by atoms with Gasteiger partial charge in [0.05, 0.1) is 43.4 Å². The van der Waals surface area contributed by atoms with Crippen LogP contribution in [0.3, 0.4) is 0 Å². The molecule has 0 aliphatic carbocycles. The summed E-state index contributed by atoms with van der Waals surface area (Å²) in [7, 11) is 3.14. The number of amides is 1. The molecule has 0 radical (unpaired) electrons. The largest absolute Gasteiger partial charge is 0.493 e. The lowest BCUT2D eigenvalue weighted by Crippen LogP contribution is -2.47. The Morgan fingerprint density at radius 3 is 2.70 bits per heavy atom. The number of carbonyl (C=O) groups excluding carboxylic acids is 1. The van der Waals surface area contributed by atoms with Crippen LogP contribution in [0, 0.1) is 11.3 Å². The molecule has 2 aliphatic rings. The van der Waals surface area contributed by atoms with Crippen LogP contribution in [0.15, 0.2) is 53.1 Å². The second-order valence-electron chi connectivity index (χ2n) is 6.93. The van der Waals surface area contributed by atoms with Crippen molar-refractivity contribution in [1.82, 2.24) is 4.90 Å². The lowest BCUT2D eigenvalue weighted by Gasteiger charge is -2.42. The van der Waals surface area contributed by atoms with Gasteiger partial charge in [-0.1, -0.05) is 41.6 Å². The zero-order chi connectivity index (χ0) is 21.3. The highest BCUT2D eigenvalue weighted by atomic mass is 35.5. The van der Waals surface area contributed by atoms with Crippen LogP contribution in [0.1, 0.15) is 17.9 Å². The third-order valence-electron chi connectivity index (χ3n) is 5.28. The molecule has 2 heterocycles. The summed E-state index contributed by atoms with van der Waals surface area (Å²) >= 11 is 7.61. The topological polar surface area (TPSA) is 65.8 Å². The number of nitriles is 1. The zero-order valence-electron chi connectivity index (χ0n) is 16.6. The molecule has 0 aromatic heterocycles. The molecule has 30 heavy (non-hydrogen) atoms. The van der Waals surface area contributed by atoms with Gasteiger partial charge in [0.15, 0.2) is 11.5 Å². The van der Waals surface area contributed by atoms with Gasteiger partial charge in [-0.2, -0.15) is 5.26 Å². The van der Waals surface area contributed by atoms with Crippen LogP contribution < -0.4 is 14.4 Å². The van der Waals surface area contributed by atoms with Crippen LogP contribution in [0.2, 0.25) is 5.02 Å². The summed E-state index contributed by atoms with van der Waals surface area (Å²) in [6, 6.07) is 15.4. The van der Waals surface area contributed by atoms with E-state index in [9.17, 15) is 10.1 Å². The summed E-state index contributed by atoms with van der Waals surface area (Å²) in [5, 5.41) is 11.4. The van der Waals surface area contributed by atoms with Crippen molar-refractivity contribution >= 4 is 35.0 Å². The summed E-state index contributed by atoms with van der Waals surface area (Å²) in [5.74, 6) is 1.35. The van der Waals surface area contributed by atoms with E-state index in [2.05, 4.69) is 11.0 Å². The predicted molar refractivity (Wildman–Crippen MR) is 118 cm³/mol. The number of methoxy groups -OCH3 is 2. The van der Waals surface area contributed by atoms with Crippen molar-refractivity contribution in [2.45, 2.75) is 12.3 Å². The summed E-state index contributed by atoms with van der Waals surface area (Å²) < 4.78 is 11.0. The summed E-state index contributed by atoms with van der Waals surface area (Å²) in [4.78, 5) is 16.9. The highest BCUT2D eigenvalue weighted by molar-refractivity contribution is 8.03. The van der Waals surface area contributed by atoms with Gasteiger partial charge >= 0.3 is 0 Å². The van der Waals surface area contributed by atoms with Crippen LogP contribution in [0.25, 0.3) is 0 Å². The Morgan fingerprint density at radius 1 is 1.20 bits per heavy atom. The zero-order valence-corrected chi connectivity index (χ0v) is 18.2. The number of halogens is 1. The van der Waals surface area contributed by atoms with Crippen LogP contribution in [-0.4, -0.2) is 37.6 Å². The van der Waals surface area contributed by atoms with Crippen molar-refractivity contribution in [3.05, 3.63) is 63.7 Å². The van der Waals surface area contributed by atoms with Crippen molar-refractivity contribution in [2.75, 3.05) is 31.7 Å². The maximum atomic E-state index is 13.1.